The van der Waals surface area contributed by atoms with E-state index in [1.165, 1.54) is 11.2 Å². The average molecular weight is 253 g/mol. The van der Waals surface area contributed by atoms with E-state index in [1.807, 2.05) is 7.05 Å². The maximum Gasteiger partial charge on any atom is 0.323 e. The molecule has 2 aliphatic rings. The molecule has 1 N–H and O–H groups in total. The summed E-state index contributed by atoms with van der Waals surface area (Å²) in [5.41, 5.74) is -0.0650. The molecule has 4 heteroatoms. The van der Waals surface area contributed by atoms with E-state index < -0.39 is 5.66 Å². The van der Waals surface area contributed by atoms with Crippen molar-refractivity contribution >= 4 is 11.6 Å². The van der Waals surface area contributed by atoms with Gasteiger partial charge in [-0.1, -0.05) is 20.8 Å². The Hall–Kier alpha value is -1.06. The second-order valence-corrected chi connectivity index (χ2v) is 6.38. The van der Waals surface area contributed by atoms with E-state index in [0.717, 1.165) is 12.8 Å². The SMILES string of the molecule is CC1=[N+](O)C2(CC(C)CCC2C(C)C)N(C)C1=O. The van der Waals surface area contributed by atoms with Crippen LogP contribution in [0.1, 0.15) is 47.0 Å². The van der Waals surface area contributed by atoms with Gasteiger partial charge in [0, 0.05) is 25.1 Å². The lowest BCUT2D eigenvalue weighted by Gasteiger charge is -2.43. The predicted molar refractivity (Wildman–Crippen MR) is 69.6 cm³/mol. The van der Waals surface area contributed by atoms with Crippen LogP contribution in [-0.4, -0.2) is 39.2 Å². The molecule has 4 nitrogen and oxygen atoms in total. The van der Waals surface area contributed by atoms with Crippen LogP contribution in [0, 0.1) is 17.8 Å². The quantitative estimate of drug-likeness (QED) is 0.574. The van der Waals surface area contributed by atoms with Crippen LogP contribution in [0.15, 0.2) is 0 Å². The lowest BCUT2D eigenvalue weighted by Crippen LogP contribution is -2.60. The molecule has 1 spiro atoms. The topological polar surface area (TPSA) is 43.6 Å². The Labute approximate surface area is 109 Å². The Morgan fingerprint density at radius 2 is 2.06 bits per heavy atom. The van der Waals surface area contributed by atoms with Gasteiger partial charge in [0.1, 0.15) is 0 Å². The standard InChI is InChI=1S/C14H25N2O2/c1-9(2)12-7-6-10(3)8-14(12)15(5)13(17)11(4)16(14)18/h9-10,12,18H,6-8H2,1-5H3/q+1. The van der Waals surface area contributed by atoms with E-state index in [-0.39, 0.29) is 5.91 Å². The summed E-state index contributed by atoms with van der Waals surface area (Å²) in [7, 11) is 1.83. The zero-order chi connectivity index (χ0) is 13.7. The number of rotatable bonds is 1. The van der Waals surface area contributed by atoms with Gasteiger partial charge in [-0.25, -0.2) is 0 Å². The minimum Gasteiger partial charge on any atom is -0.288 e. The maximum absolute atomic E-state index is 12.2. The summed E-state index contributed by atoms with van der Waals surface area (Å²) in [5, 5.41) is 10.5. The summed E-state index contributed by atoms with van der Waals surface area (Å²) < 4.78 is 1.26. The summed E-state index contributed by atoms with van der Waals surface area (Å²) in [6, 6.07) is 0. The van der Waals surface area contributed by atoms with Gasteiger partial charge in [-0.15, -0.1) is 0 Å². The average Bonchev–Trinajstić information content (AvgIpc) is 2.46. The number of hydrogen-bond acceptors (Lipinski definition) is 2. The van der Waals surface area contributed by atoms with Crippen molar-refractivity contribution in [3.8, 4) is 0 Å². The normalized spacial score (nSPS) is 37.2. The molecular formula is C14H25N2O2+. The van der Waals surface area contributed by atoms with Crippen molar-refractivity contribution in [1.29, 1.82) is 0 Å². The van der Waals surface area contributed by atoms with Crippen LogP contribution in [0.4, 0.5) is 0 Å². The van der Waals surface area contributed by atoms with Gasteiger partial charge in [-0.3, -0.25) is 14.9 Å². The summed E-state index contributed by atoms with van der Waals surface area (Å²) >= 11 is 0. The first-order chi connectivity index (χ1) is 8.32. The van der Waals surface area contributed by atoms with E-state index in [2.05, 4.69) is 20.8 Å². The molecule has 1 fully saturated rings. The zero-order valence-corrected chi connectivity index (χ0v) is 12.1. The smallest absolute Gasteiger partial charge is 0.288 e. The van der Waals surface area contributed by atoms with E-state index in [9.17, 15) is 10.0 Å². The first kappa shape index (κ1) is 13.4. The van der Waals surface area contributed by atoms with Crippen LogP contribution in [0.5, 0.6) is 0 Å². The number of carbonyl (C=O) groups excluding carboxylic acids is 1. The summed E-state index contributed by atoms with van der Waals surface area (Å²) in [5.74, 6) is 1.27. The zero-order valence-electron chi connectivity index (χ0n) is 12.1. The third-order valence-corrected chi connectivity index (χ3v) is 4.90. The molecule has 0 aromatic heterocycles. The van der Waals surface area contributed by atoms with Gasteiger partial charge < -0.3 is 0 Å². The fourth-order valence-electron chi connectivity index (χ4n) is 3.90. The van der Waals surface area contributed by atoms with Gasteiger partial charge in [-0.2, -0.15) is 0 Å². The molecule has 0 aromatic carbocycles. The molecule has 0 radical (unpaired) electrons. The van der Waals surface area contributed by atoms with Gasteiger partial charge in [0.05, 0.1) is 5.92 Å². The molecule has 0 saturated heterocycles. The fraction of sp³-hybridized carbons (Fsp3) is 0.857. The lowest BCUT2D eigenvalue weighted by molar-refractivity contribution is -0.842. The van der Waals surface area contributed by atoms with Crippen molar-refractivity contribution in [2.45, 2.75) is 52.6 Å². The predicted octanol–water partition coefficient (Wildman–Crippen LogP) is 2.11. The van der Waals surface area contributed by atoms with Crippen LogP contribution < -0.4 is 0 Å². The lowest BCUT2D eigenvalue weighted by atomic mass is 9.69. The number of nitrogens with zero attached hydrogens (tertiary/aromatic N) is 2. The van der Waals surface area contributed by atoms with Gasteiger partial charge in [-0.05, 0) is 24.7 Å². The van der Waals surface area contributed by atoms with Crippen molar-refractivity contribution in [2.75, 3.05) is 7.05 Å². The first-order valence-corrected chi connectivity index (χ1v) is 6.93. The Morgan fingerprint density at radius 1 is 1.44 bits per heavy atom. The van der Waals surface area contributed by atoms with Crippen LogP contribution in [-0.2, 0) is 4.79 Å². The molecule has 3 unspecified atom stereocenters. The second-order valence-electron chi connectivity index (χ2n) is 6.38. The highest BCUT2D eigenvalue weighted by atomic mass is 16.5. The number of hydroxylamine groups is 1. The fourth-order valence-corrected chi connectivity index (χ4v) is 3.90. The molecule has 1 aliphatic heterocycles. The van der Waals surface area contributed by atoms with Crippen LogP contribution in [0.25, 0.3) is 0 Å². The van der Waals surface area contributed by atoms with Crippen molar-refractivity contribution in [2.24, 2.45) is 17.8 Å². The van der Waals surface area contributed by atoms with Crippen LogP contribution >= 0.6 is 0 Å². The van der Waals surface area contributed by atoms with Gasteiger partial charge >= 0.3 is 5.91 Å². The minimum absolute atomic E-state index is 0.0442. The van der Waals surface area contributed by atoms with E-state index in [4.69, 9.17) is 0 Å². The highest BCUT2D eigenvalue weighted by Crippen LogP contribution is 2.46. The Bertz CT molecular complexity index is 403. The van der Waals surface area contributed by atoms with Crippen LogP contribution in [0.3, 0.4) is 0 Å². The van der Waals surface area contributed by atoms with Crippen molar-refractivity contribution in [3.05, 3.63) is 0 Å². The van der Waals surface area contributed by atoms with E-state index in [0.29, 0.717) is 23.5 Å². The molecule has 1 amide bonds. The highest BCUT2D eigenvalue weighted by Gasteiger charge is 2.64. The Balaban J connectivity index is 2.51. The van der Waals surface area contributed by atoms with Gasteiger partial charge in [0.15, 0.2) is 0 Å². The molecule has 0 bridgehead atoms. The number of hydrogen-bond donors (Lipinski definition) is 1. The Morgan fingerprint density at radius 3 is 2.50 bits per heavy atom. The van der Waals surface area contributed by atoms with Crippen molar-refractivity contribution in [3.63, 3.8) is 0 Å². The molecule has 102 valence electrons. The number of carbonyl (C=O) groups is 1. The van der Waals surface area contributed by atoms with Crippen molar-refractivity contribution < 1.29 is 14.7 Å². The summed E-state index contributed by atoms with van der Waals surface area (Å²) in [6.45, 7) is 8.28. The molecule has 2 rings (SSSR count). The number of amides is 1. The largest absolute Gasteiger partial charge is 0.323 e. The Kier molecular flexibility index (Phi) is 3.16. The van der Waals surface area contributed by atoms with E-state index >= 15 is 0 Å². The molecule has 0 aromatic rings. The van der Waals surface area contributed by atoms with E-state index in [1.54, 1.807) is 11.8 Å². The molecule has 1 heterocycles. The highest BCUT2D eigenvalue weighted by molar-refractivity contribution is 6.36. The third kappa shape index (κ3) is 1.57. The third-order valence-electron chi connectivity index (χ3n) is 4.90. The molecule has 1 aliphatic carbocycles. The summed E-state index contributed by atoms with van der Waals surface area (Å²) in [4.78, 5) is 13.9. The maximum atomic E-state index is 12.2. The molecule has 1 saturated carbocycles. The second kappa shape index (κ2) is 4.25. The molecule has 18 heavy (non-hydrogen) atoms. The van der Waals surface area contributed by atoms with Crippen LogP contribution in [0.2, 0.25) is 0 Å². The molecule has 3 atom stereocenters. The first-order valence-electron chi connectivity index (χ1n) is 6.93. The summed E-state index contributed by atoms with van der Waals surface area (Å²) in [6.07, 6.45) is 3.10. The minimum atomic E-state index is -0.521. The monoisotopic (exact) mass is 253 g/mol. The van der Waals surface area contributed by atoms with Gasteiger partial charge in [0.25, 0.3) is 11.4 Å². The van der Waals surface area contributed by atoms with Crippen molar-refractivity contribution in [1.82, 2.24) is 4.90 Å². The molecular weight excluding hydrogens is 228 g/mol. The van der Waals surface area contributed by atoms with Gasteiger partial charge in [0.2, 0.25) is 0 Å².